The number of benzene rings is 3. The highest BCUT2D eigenvalue weighted by molar-refractivity contribution is 14.1. The number of hydrogen-bond donors (Lipinski definition) is 0. The third-order valence-corrected chi connectivity index (χ3v) is 4.78. The molecule has 27 heavy (non-hydrogen) atoms. The van der Waals surface area contributed by atoms with Gasteiger partial charge < -0.3 is 9.47 Å². The van der Waals surface area contributed by atoms with Crippen LogP contribution < -0.4 is 4.74 Å². The van der Waals surface area contributed by atoms with Crippen LogP contribution in [-0.2, 0) is 11.2 Å². The third kappa shape index (κ3) is 5.40. The molecule has 0 saturated carbocycles. The van der Waals surface area contributed by atoms with Gasteiger partial charge in [-0.05, 0) is 58.5 Å². The Morgan fingerprint density at radius 2 is 1.56 bits per heavy atom. The van der Waals surface area contributed by atoms with E-state index in [9.17, 15) is 9.59 Å². The molecule has 0 aromatic heterocycles. The third-order valence-electron chi connectivity index (χ3n) is 3.84. The second kappa shape index (κ2) is 9.32. The molecule has 0 aliphatic heterocycles. The van der Waals surface area contributed by atoms with Crippen LogP contribution in [-0.4, -0.2) is 18.5 Å². The summed E-state index contributed by atoms with van der Waals surface area (Å²) in [6.07, 6.45) is 0.647. The highest BCUT2D eigenvalue weighted by Crippen LogP contribution is 2.18. The first-order valence-electron chi connectivity index (χ1n) is 8.41. The maximum atomic E-state index is 12.3. The first kappa shape index (κ1) is 19.1. The smallest absolute Gasteiger partial charge is 0.344 e. The van der Waals surface area contributed by atoms with Gasteiger partial charge in [-0.3, -0.25) is 0 Å². The van der Waals surface area contributed by atoms with Gasteiger partial charge in [-0.2, -0.15) is 0 Å². The molecule has 4 nitrogen and oxygen atoms in total. The summed E-state index contributed by atoms with van der Waals surface area (Å²) in [4.78, 5) is 24.5. The van der Waals surface area contributed by atoms with Gasteiger partial charge in [0, 0.05) is 9.99 Å². The van der Waals surface area contributed by atoms with E-state index in [1.807, 2.05) is 42.5 Å². The number of esters is 2. The summed E-state index contributed by atoms with van der Waals surface area (Å²) in [5.74, 6) is -0.607. The molecular formula is C22H17IO4. The predicted octanol–water partition coefficient (Wildman–Crippen LogP) is 4.91. The molecule has 3 aromatic carbocycles. The van der Waals surface area contributed by atoms with Crippen molar-refractivity contribution in [2.75, 3.05) is 6.61 Å². The topological polar surface area (TPSA) is 52.6 Å². The van der Waals surface area contributed by atoms with Gasteiger partial charge in [0.1, 0.15) is 5.75 Å². The van der Waals surface area contributed by atoms with Gasteiger partial charge in [-0.25, -0.2) is 9.59 Å². The second-order valence-electron chi connectivity index (χ2n) is 5.77. The lowest BCUT2D eigenvalue weighted by Gasteiger charge is -2.08. The van der Waals surface area contributed by atoms with Crippen LogP contribution in [0.3, 0.4) is 0 Å². The Labute approximate surface area is 171 Å². The molecule has 0 saturated heterocycles. The van der Waals surface area contributed by atoms with Gasteiger partial charge >= 0.3 is 11.9 Å². The summed E-state index contributed by atoms with van der Waals surface area (Å²) in [5.41, 5.74) is 1.93. The molecule has 3 rings (SSSR count). The van der Waals surface area contributed by atoms with Crippen molar-refractivity contribution >= 4 is 34.5 Å². The van der Waals surface area contributed by atoms with Gasteiger partial charge in [0.05, 0.1) is 17.7 Å². The van der Waals surface area contributed by atoms with Crippen molar-refractivity contribution in [3.63, 3.8) is 0 Å². The molecule has 0 heterocycles. The van der Waals surface area contributed by atoms with Crippen LogP contribution in [0, 0.1) is 3.57 Å². The van der Waals surface area contributed by atoms with E-state index in [1.54, 1.807) is 30.3 Å². The summed E-state index contributed by atoms with van der Waals surface area (Å²) >= 11 is 2.08. The molecule has 5 heteroatoms. The quantitative estimate of drug-likeness (QED) is 0.291. The summed E-state index contributed by atoms with van der Waals surface area (Å²) in [6.45, 7) is 0.287. The maximum absolute atomic E-state index is 12.3. The molecule has 0 bridgehead atoms. The first-order valence-corrected chi connectivity index (χ1v) is 9.49. The molecule has 0 N–H and O–H groups in total. The Morgan fingerprint density at radius 3 is 2.33 bits per heavy atom. The average molecular weight is 472 g/mol. The monoisotopic (exact) mass is 472 g/mol. The van der Waals surface area contributed by atoms with Crippen LogP contribution in [0.2, 0.25) is 0 Å². The number of halogens is 1. The van der Waals surface area contributed by atoms with Crippen LogP contribution in [0.5, 0.6) is 5.75 Å². The van der Waals surface area contributed by atoms with E-state index >= 15 is 0 Å². The minimum atomic E-state index is -0.463. The number of ether oxygens (including phenoxy) is 2. The lowest BCUT2D eigenvalue weighted by molar-refractivity contribution is 0.0507. The summed E-state index contributed by atoms with van der Waals surface area (Å²) in [6, 6.07) is 23.4. The Hall–Kier alpha value is -2.67. The second-order valence-corrected chi connectivity index (χ2v) is 6.93. The van der Waals surface area contributed by atoms with Gasteiger partial charge in [0.15, 0.2) is 0 Å². The van der Waals surface area contributed by atoms with E-state index < -0.39 is 11.9 Å². The van der Waals surface area contributed by atoms with Crippen molar-refractivity contribution in [2.24, 2.45) is 0 Å². The van der Waals surface area contributed by atoms with Crippen molar-refractivity contribution in [3.05, 3.63) is 99.1 Å². The molecule has 0 aliphatic rings. The molecule has 0 aliphatic carbocycles. The zero-order valence-corrected chi connectivity index (χ0v) is 16.6. The highest BCUT2D eigenvalue weighted by atomic mass is 127. The normalized spacial score (nSPS) is 10.3. The summed E-state index contributed by atoms with van der Waals surface area (Å²) < 4.78 is 11.5. The number of carbonyl (C=O) groups is 2. The Kier molecular flexibility index (Phi) is 6.59. The molecule has 3 aromatic rings. The molecule has 0 radical (unpaired) electrons. The number of rotatable bonds is 6. The zero-order valence-electron chi connectivity index (χ0n) is 14.4. The lowest BCUT2D eigenvalue weighted by atomic mass is 10.2. The predicted molar refractivity (Wildman–Crippen MR) is 111 cm³/mol. The standard InChI is InChI=1S/C22H17IO4/c23-20-12-5-4-11-19(20)22(25)27-18-10-6-9-17(15-18)21(24)26-14-13-16-7-2-1-3-8-16/h1-12,15H,13-14H2. The van der Waals surface area contributed by atoms with E-state index in [1.165, 1.54) is 6.07 Å². The SMILES string of the molecule is O=C(OCCc1ccccc1)c1cccc(OC(=O)c2ccccc2I)c1. The molecule has 0 atom stereocenters. The van der Waals surface area contributed by atoms with Crippen molar-refractivity contribution in [1.29, 1.82) is 0 Å². The average Bonchev–Trinajstić information content (AvgIpc) is 2.69. The van der Waals surface area contributed by atoms with Crippen LogP contribution in [0.1, 0.15) is 26.3 Å². The fourth-order valence-electron chi connectivity index (χ4n) is 2.46. The fraction of sp³-hybridized carbons (Fsp3) is 0.0909. The van der Waals surface area contributed by atoms with Crippen LogP contribution in [0.4, 0.5) is 0 Å². The van der Waals surface area contributed by atoms with E-state index in [0.29, 0.717) is 23.3 Å². The van der Waals surface area contributed by atoms with E-state index in [2.05, 4.69) is 22.6 Å². The van der Waals surface area contributed by atoms with E-state index in [0.717, 1.165) is 9.13 Å². The van der Waals surface area contributed by atoms with Crippen LogP contribution in [0.15, 0.2) is 78.9 Å². The van der Waals surface area contributed by atoms with Crippen molar-refractivity contribution in [1.82, 2.24) is 0 Å². The molecule has 0 spiro atoms. The fourth-order valence-corrected chi connectivity index (χ4v) is 3.07. The zero-order chi connectivity index (χ0) is 19.1. The highest BCUT2D eigenvalue weighted by Gasteiger charge is 2.14. The van der Waals surface area contributed by atoms with Gasteiger partial charge in [0.2, 0.25) is 0 Å². The molecule has 0 fully saturated rings. The summed E-state index contributed by atoms with van der Waals surface area (Å²) in [5, 5.41) is 0. The largest absolute Gasteiger partial charge is 0.462 e. The lowest BCUT2D eigenvalue weighted by Crippen LogP contribution is -2.11. The minimum Gasteiger partial charge on any atom is -0.462 e. The van der Waals surface area contributed by atoms with Gasteiger partial charge in [-0.15, -0.1) is 0 Å². The van der Waals surface area contributed by atoms with E-state index in [4.69, 9.17) is 9.47 Å². The molecule has 0 unspecified atom stereocenters. The van der Waals surface area contributed by atoms with Gasteiger partial charge in [-0.1, -0.05) is 48.5 Å². The first-order chi connectivity index (χ1) is 13.1. The molecule has 136 valence electrons. The van der Waals surface area contributed by atoms with Crippen molar-refractivity contribution in [2.45, 2.75) is 6.42 Å². The number of carbonyl (C=O) groups excluding carboxylic acids is 2. The van der Waals surface area contributed by atoms with Gasteiger partial charge in [0.25, 0.3) is 0 Å². The molecule has 0 amide bonds. The van der Waals surface area contributed by atoms with Crippen molar-refractivity contribution in [3.8, 4) is 5.75 Å². The van der Waals surface area contributed by atoms with Crippen molar-refractivity contribution < 1.29 is 19.1 Å². The Bertz CT molecular complexity index is 938. The molecular weight excluding hydrogens is 455 g/mol. The van der Waals surface area contributed by atoms with E-state index in [-0.39, 0.29) is 6.61 Å². The Morgan fingerprint density at radius 1 is 0.815 bits per heavy atom. The summed E-state index contributed by atoms with van der Waals surface area (Å²) in [7, 11) is 0. The van der Waals surface area contributed by atoms with Crippen LogP contribution in [0.25, 0.3) is 0 Å². The van der Waals surface area contributed by atoms with Crippen LogP contribution >= 0.6 is 22.6 Å². The maximum Gasteiger partial charge on any atom is 0.344 e. The number of hydrogen-bond acceptors (Lipinski definition) is 4. The Balaban J connectivity index is 1.60. The minimum absolute atomic E-state index is 0.287.